The van der Waals surface area contributed by atoms with Crippen LogP contribution in [0.4, 0.5) is 0 Å². The van der Waals surface area contributed by atoms with Gasteiger partial charge in [-0.3, -0.25) is 37.3 Å². The number of carbonyl (C=O) groups is 4. The number of hydrogen-bond donors (Lipinski definition) is 3. The zero-order valence-corrected chi connectivity index (χ0v) is 57.4. The Morgan fingerprint density at radius 1 is 0.314 bits per heavy atom. The first kappa shape index (κ1) is 84.1. The van der Waals surface area contributed by atoms with Crippen molar-refractivity contribution in [2.24, 2.45) is 11.8 Å². The predicted molar refractivity (Wildman–Crippen MR) is 345 cm³/mol. The minimum absolute atomic E-state index is 0.106. The van der Waals surface area contributed by atoms with Crippen LogP contribution in [0.15, 0.2) is 0 Å². The standard InChI is InChI=1S/C67H130O17P2/c1-7-9-11-13-15-17-25-33-39-45-51-66(71)83-62(55-77-64(69)49-43-37-31-16-14-12-10-8-2)57-81-85(73,74)79-53-61(68)54-80-86(75,76)82-58-63(56-78-65(70)50-44-38-32-28-27-30-36-42-48-60(5)6)84-67(72)52-46-40-34-26-23-21-19-18-20-22-24-29-35-41-47-59(3)4/h59-63,68H,7-58H2,1-6H3,(H,73,74)(H,75,76)/t61-,62+,63+/m0/s1. The maximum absolute atomic E-state index is 13.0. The first-order chi connectivity index (χ1) is 41.4. The van der Waals surface area contributed by atoms with E-state index >= 15 is 0 Å². The average Bonchev–Trinajstić information content (AvgIpc) is 3.63. The van der Waals surface area contributed by atoms with E-state index in [1.807, 2.05) is 0 Å². The number of ether oxygens (including phenoxy) is 4. The number of hydrogen-bond acceptors (Lipinski definition) is 15. The van der Waals surface area contributed by atoms with Gasteiger partial charge in [-0.15, -0.1) is 0 Å². The quantitative estimate of drug-likeness (QED) is 0.0222. The first-order valence-corrected chi connectivity index (χ1v) is 38.0. The molecular formula is C67H130O17P2. The van der Waals surface area contributed by atoms with Crippen LogP contribution in [0, 0.1) is 11.8 Å². The van der Waals surface area contributed by atoms with Crippen LogP contribution in [0.2, 0.25) is 0 Å². The number of phosphoric ester groups is 2. The Morgan fingerprint density at radius 3 is 0.791 bits per heavy atom. The highest BCUT2D eigenvalue weighted by molar-refractivity contribution is 7.47. The number of rotatable bonds is 66. The Labute approximate surface area is 524 Å². The number of phosphoric acid groups is 2. The van der Waals surface area contributed by atoms with Gasteiger partial charge in [0.15, 0.2) is 12.2 Å². The van der Waals surface area contributed by atoms with Crippen molar-refractivity contribution in [2.75, 3.05) is 39.6 Å². The van der Waals surface area contributed by atoms with E-state index in [9.17, 15) is 43.2 Å². The van der Waals surface area contributed by atoms with Crippen molar-refractivity contribution in [2.45, 2.75) is 355 Å². The lowest BCUT2D eigenvalue weighted by Gasteiger charge is -2.21. The summed E-state index contributed by atoms with van der Waals surface area (Å²) in [5.41, 5.74) is 0. The number of esters is 4. The van der Waals surface area contributed by atoms with Crippen molar-refractivity contribution in [1.29, 1.82) is 0 Å². The highest BCUT2D eigenvalue weighted by atomic mass is 31.2. The molecule has 19 heteroatoms. The lowest BCUT2D eigenvalue weighted by Crippen LogP contribution is -2.30. The summed E-state index contributed by atoms with van der Waals surface area (Å²) in [4.78, 5) is 72.3. The molecule has 3 N–H and O–H groups in total. The summed E-state index contributed by atoms with van der Waals surface area (Å²) in [7, 11) is -9.89. The van der Waals surface area contributed by atoms with Gasteiger partial charge in [0.2, 0.25) is 0 Å². The van der Waals surface area contributed by atoms with E-state index in [0.29, 0.717) is 25.7 Å². The summed E-state index contributed by atoms with van der Waals surface area (Å²) >= 11 is 0. The van der Waals surface area contributed by atoms with Crippen LogP contribution < -0.4 is 0 Å². The molecule has 86 heavy (non-hydrogen) atoms. The van der Waals surface area contributed by atoms with Gasteiger partial charge in [0.25, 0.3) is 0 Å². The molecule has 0 heterocycles. The highest BCUT2D eigenvalue weighted by Gasteiger charge is 2.30. The van der Waals surface area contributed by atoms with Crippen molar-refractivity contribution in [3.05, 3.63) is 0 Å². The van der Waals surface area contributed by atoms with Crippen LogP contribution in [0.25, 0.3) is 0 Å². The fraction of sp³-hybridized carbons (Fsp3) is 0.940. The average molecular weight is 1270 g/mol. The number of carbonyl (C=O) groups excluding carboxylic acids is 4. The van der Waals surface area contributed by atoms with Crippen LogP contribution in [0.1, 0.15) is 337 Å². The van der Waals surface area contributed by atoms with Crippen molar-refractivity contribution in [1.82, 2.24) is 0 Å². The minimum Gasteiger partial charge on any atom is -0.462 e. The van der Waals surface area contributed by atoms with E-state index in [-0.39, 0.29) is 25.7 Å². The van der Waals surface area contributed by atoms with Gasteiger partial charge in [0.05, 0.1) is 26.4 Å². The summed E-state index contributed by atoms with van der Waals surface area (Å²) < 4.78 is 68.1. The van der Waals surface area contributed by atoms with E-state index in [1.165, 1.54) is 148 Å². The van der Waals surface area contributed by atoms with Crippen LogP contribution in [-0.4, -0.2) is 96.7 Å². The van der Waals surface area contributed by atoms with Gasteiger partial charge in [0, 0.05) is 25.7 Å². The molecule has 0 aliphatic heterocycles. The molecule has 0 rings (SSSR count). The molecule has 0 aromatic carbocycles. The van der Waals surface area contributed by atoms with Crippen LogP contribution in [0.3, 0.4) is 0 Å². The van der Waals surface area contributed by atoms with Gasteiger partial charge in [-0.2, -0.15) is 0 Å². The molecule has 0 saturated heterocycles. The van der Waals surface area contributed by atoms with Crippen LogP contribution in [-0.2, 0) is 65.4 Å². The number of unbranched alkanes of at least 4 members (excludes halogenated alkanes) is 36. The third kappa shape index (κ3) is 60.9. The van der Waals surface area contributed by atoms with E-state index in [4.69, 9.17) is 37.0 Å². The number of aliphatic hydroxyl groups excluding tert-OH is 1. The summed E-state index contributed by atoms with van der Waals surface area (Å²) in [5.74, 6) is -0.610. The highest BCUT2D eigenvalue weighted by Crippen LogP contribution is 2.45. The Hall–Kier alpha value is -1.94. The summed E-state index contributed by atoms with van der Waals surface area (Å²) in [6, 6.07) is 0. The lowest BCUT2D eigenvalue weighted by molar-refractivity contribution is -0.161. The van der Waals surface area contributed by atoms with E-state index < -0.39 is 97.5 Å². The monoisotopic (exact) mass is 1270 g/mol. The Bertz CT molecular complexity index is 1680. The van der Waals surface area contributed by atoms with Gasteiger partial charge >= 0.3 is 39.5 Å². The molecule has 0 saturated carbocycles. The SMILES string of the molecule is CCCCCCCCCCCCC(=O)O[C@H](COC(=O)CCCCCCCCCC)COP(=O)(O)OC[C@H](O)COP(=O)(O)OC[C@@H](COC(=O)CCCCCCCCCCC(C)C)OC(=O)CCCCCCCCCCCCCCCCC(C)C. The maximum atomic E-state index is 13.0. The Balaban J connectivity index is 5.20. The second-order valence-corrected chi connectivity index (χ2v) is 28.1. The predicted octanol–water partition coefficient (Wildman–Crippen LogP) is 18.8. The zero-order valence-electron chi connectivity index (χ0n) is 55.6. The van der Waals surface area contributed by atoms with Gasteiger partial charge in [-0.25, -0.2) is 9.13 Å². The third-order valence-corrected chi connectivity index (χ3v) is 17.4. The van der Waals surface area contributed by atoms with E-state index in [2.05, 4.69) is 41.5 Å². The largest absolute Gasteiger partial charge is 0.472 e. The second-order valence-electron chi connectivity index (χ2n) is 25.2. The van der Waals surface area contributed by atoms with Gasteiger partial charge in [0.1, 0.15) is 19.3 Å². The molecule has 0 radical (unpaired) electrons. The molecule has 0 bridgehead atoms. The normalized spacial score (nSPS) is 14.2. The summed E-state index contributed by atoms with van der Waals surface area (Å²) in [5, 5.41) is 10.5. The molecule has 0 aliphatic rings. The van der Waals surface area contributed by atoms with Crippen molar-refractivity contribution in [3.63, 3.8) is 0 Å². The molecular weight excluding hydrogens is 1140 g/mol. The van der Waals surface area contributed by atoms with E-state index in [0.717, 1.165) is 108 Å². The summed E-state index contributed by atoms with van der Waals surface area (Å²) in [6.45, 7) is 9.48. The van der Waals surface area contributed by atoms with Crippen molar-refractivity contribution < 1.29 is 80.2 Å². The molecule has 0 aromatic rings. The molecule has 17 nitrogen and oxygen atoms in total. The number of aliphatic hydroxyl groups is 1. The summed E-state index contributed by atoms with van der Waals surface area (Å²) in [6.07, 6.45) is 43.1. The Kier molecular flexibility index (Phi) is 58.0. The molecule has 5 atom stereocenters. The molecule has 0 fully saturated rings. The smallest absolute Gasteiger partial charge is 0.462 e. The first-order valence-electron chi connectivity index (χ1n) is 35.0. The maximum Gasteiger partial charge on any atom is 0.472 e. The van der Waals surface area contributed by atoms with Crippen molar-refractivity contribution in [3.8, 4) is 0 Å². The molecule has 0 aliphatic carbocycles. The fourth-order valence-electron chi connectivity index (χ4n) is 10.1. The molecule has 510 valence electrons. The molecule has 0 aromatic heterocycles. The minimum atomic E-state index is -4.95. The zero-order chi connectivity index (χ0) is 63.6. The van der Waals surface area contributed by atoms with Crippen molar-refractivity contribution >= 4 is 39.5 Å². The molecule has 0 amide bonds. The van der Waals surface area contributed by atoms with Gasteiger partial charge in [-0.1, -0.05) is 286 Å². The lowest BCUT2D eigenvalue weighted by atomic mass is 10.0. The van der Waals surface area contributed by atoms with Crippen LogP contribution in [0.5, 0.6) is 0 Å². The van der Waals surface area contributed by atoms with Gasteiger partial charge < -0.3 is 33.8 Å². The van der Waals surface area contributed by atoms with Gasteiger partial charge in [-0.05, 0) is 37.5 Å². The van der Waals surface area contributed by atoms with E-state index in [1.54, 1.807) is 0 Å². The molecule has 2 unspecified atom stereocenters. The topological polar surface area (TPSA) is 237 Å². The second kappa shape index (κ2) is 59.4. The fourth-order valence-corrected chi connectivity index (χ4v) is 11.6. The molecule has 0 spiro atoms. The van der Waals surface area contributed by atoms with Crippen LogP contribution >= 0.6 is 15.6 Å². The Morgan fingerprint density at radius 2 is 0.535 bits per heavy atom. The third-order valence-electron chi connectivity index (χ3n) is 15.5.